The molecule has 0 aromatic heterocycles. The van der Waals surface area contributed by atoms with Crippen LogP contribution in [-0.4, -0.2) is 31.6 Å². The van der Waals surface area contributed by atoms with Gasteiger partial charge in [-0.25, -0.2) is 4.79 Å². The van der Waals surface area contributed by atoms with Gasteiger partial charge in [0.05, 0.1) is 0 Å². The zero-order valence-corrected chi connectivity index (χ0v) is 14.8. The number of hydrogen-bond acceptors (Lipinski definition) is 4. The SMILES string of the molecule is O=C(COC(=O)COc1ccc(Cl)cc1)NCCc1ccc(Cl)cc1. The van der Waals surface area contributed by atoms with E-state index in [9.17, 15) is 9.59 Å². The van der Waals surface area contributed by atoms with E-state index >= 15 is 0 Å². The van der Waals surface area contributed by atoms with E-state index in [1.807, 2.05) is 12.1 Å². The molecule has 0 aliphatic heterocycles. The molecule has 0 bridgehead atoms. The Morgan fingerprint density at radius 1 is 0.880 bits per heavy atom. The summed E-state index contributed by atoms with van der Waals surface area (Å²) in [4.78, 5) is 23.2. The van der Waals surface area contributed by atoms with Crippen LogP contribution < -0.4 is 10.1 Å². The van der Waals surface area contributed by atoms with Gasteiger partial charge in [-0.15, -0.1) is 0 Å². The van der Waals surface area contributed by atoms with E-state index in [0.29, 0.717) is 28.8 Å². The molecule has 0 heterocycles. The number of esters is 1. The van der Waals surface area contributed by atoms with Crippen LogP contribution in [0.25, 0.3) is 0 Å². The summed E-state index contributed by atoms with van der Waals surface area (Å²) in [6.07, 6.45) is 0.663. The fourth-order valence-electron chi connectivity index (χ4n) is 1.91. The molecule has 0 atom stereocenters. The summed E-state index contributed by atoms with van der Waals surface area (Å²) in [7, 11) is 0. The number of rotatable bonds is 8. The number of nitrogens with one attached hydrogen (secondary N) is 1. The van der Waals surface area contributed by atoms with Gasteiger partial charge in [0.25, 0.3) is 5.91 Å². The van der Waals surface area contributed by atoms with Gasteiger partial charge >= 0.3 is 5.97 Å². The second kappa shape index (κ2) is 9.91. The molecule has 7 heteroatoms. The van der Waals surface area contributed by atoms with Crippen LogP contribution >= 0.6 is 23.2 Å². The zero-order valence-electron chi connectivity index (χ0n) is 13.3. The van der Waals surface area contributed by atoms with Crippen molar-refractivity contribution in [3.63, 3.8) is 0 Å². The van der Waals surface area contributed by atoms with Crippen molar-refractivity contribution in [2.45, 2.75) is 6.42 Å². The van der Waals surface area contributed by atoms with Gasteiger partial charge in [-0.1, -0.05) is 35.3 Å². The first-order valence-electron chi connectivity index (χ1n) is 7.58. The molecule has 2 aromatic rings. The Kier molecular flexibility index (Phi) is 7.57. The molecular weight excluding hydrogens is 365 g/mol. The highest BCUT2D eigenvalue weighted by Crippen LogP contribution is 2.15. The molecule has 1 N–H and O–H groups in total. The molecule has 1 amide bonds. The molecule has 25 heavy (non-hydrogen) atoms. The lowest BCUT2D eigenvalue weighted by molar-refractivity contribution is -0.150. The Bertz CT molecular complexity index is 702. The molecule has 2 rings (SSSR count). The maximum atomic E-state index is 11.6. The minimum atomic E-state index is -0.622. The second-order valence-corrected chi connectivity index (χ2v) is 6.00. The van der Waals surface area contributed by atoms with Gasteiger partial charge in [0.2, 0.25) is 0 Å². The quantitative estimate of drug-likeness (QED) is 0.712. The van der Waals surface area contributed by atoms with Crippen molar-refractivity contribution in [3.8, 4) is 5.75 Å². The highest BCUT2D eigenvalue weighted by atomic mass is 35.5. The normalized spacial score (nSPS) is 10.2. The van der Waals surface area contributed by atoms with Crippen molar-refractivity contribution < 1.29 is 19.1 Å². The number of carbonyl (C=O) groups excluding carboxylic acids is 2. The Morgan fingerprint density at radius 3 is 2.12 bits per heavy atom. The zero-order chi connectivity index (χ0) is 18.1. The van der Waals surface area contributed by atoms with Crippen LogP contribution in [0.2, 0.25) is 10.0 Å². The third-order valence-electron chi connectivity index (χ3n) is 3.18. The average Bonchev–Trinajstić information content (AvgIpc) is 2.61. The maximum absolute atomic E-state index is 11.6. The van der Waals surface area contributed by atoms with E-state index in [-0.39, 0.29) is 19.1 Å². The van der Waals surface area contributed by atoms with Crippen molar-refractivity contribution in [1.29, 1.82) is 0 Å². The Balaban J connectivity index is 1.59. The number of carbonyl (C=O) groups is 2. The Hall–Kier alpha value is -2.24. The van der Waals surface area contributed by atoms with E-state index in [2.05, 4.69) is 5.32 Å². The predicted molar refractivity (Wildman–Crippen MR) is 96.1 cm³/mol. The third-order valence-corrected chi connectivity index (χ3v) is 3.69. The van der Waals surface area contributed by atoms with Gasteiger partial charge in [0, 0.05) is 16.6 Å². The number of hydrogen-bond donors (Lipinski definition) is 1. The molecule has 132 valence electrons. The van der Waals surface area contributed by atoms with Gasteiger partial charge in [0.1, 0.15) is 5.75 Å². The molecule has 0 radical (unpaired) electrons. The second-order valence-electron chi connectivity index (χ2n) is 5.13. The Labute approximate surface area is 155 Å². The van der Waals surface area contributed by atoms with E-state index < -0.39 is 5.97 Å². The van der Waals surface area contributed by atoms with Crippen LogP contribution in [0.15, 0.2) is 48.5 Å². The largest absolute Gasteiger partial charge is 0.482 e. The molecule has 0 fully saturated rings. The minimum Gasteiger partial charge on any atom is -0.482 e. The van der Waals surface area contributed by atoms with Crippen LogP contribution in [0, 0.1) is 0 Å². The molecule has 2 aromatic carbocycles. The lowest BCUT2D eigenvalue weighted by Gasteiger charge is -2.08. The van der Waals surface area contributed by atoms with Crippen LogP contribution in [-0.2, 0) is 20.7 Å². The van der Waals surface area contributed by atoms with Gasteiger partial charge in [0.15, 0.2) is 13.2 Å². The van der Waals surface area contributed by atoms with Gasteiger partial charge in [-0.2, -0.15) is 0 Å². The molecule has 0 aliphatic carbocycles. The molecule has 0 aliphatic rings. The Morgan fingerprint density at radius 2 is 1.48 bits per heavy atom. The first-order valence-corrected chi connectivity index (χ1v) is 8.33. The number of amides is 1. The van der Waals surface area contributed by atoms with Crippen molar-refractivity contribution >= 4 is 35.1 Å². The van der Waals surface area contributed by atoms with E-state index in [1.54, 1.807) is 36.4 Å². The van der Waals surface area contributed by atoms with Crippen LogP contribution in [0.5, 0.6) is 5.75 Å². The monoisotopic (exact) mass is 381 g/mol. The standard InChI is InChI=1S/C18H17Cl2NO4/c19-14-3-1-13(2-4-14)9-10-21-17(22)11-25-18(23)12-24-16-7-5-15(20)6-8-16/h1-8H,9-12H2,(H,21,22). The fraction of sp³-hybridized carbons (Fsp3) is 0.222. The summed E-state index contributed by atoms with van der Waals surface area (Å²) in [5.41, 5.74) is 1.05. The molecule has 0 saturated heterocycles. The summed E-state index contributed by atoms with van der Waals surface area (Å²) in [5.74, 6) is -0.495. The molecule has 0 spiro atoms. The minimum absolute atomic E-state index is 0.278. The smallest absolute Gasteiger partial charge is 0.344 e. The topological polar surface area (TPSA) is 64.6 Å². The molecule has 0 saturated carbocycles. The fourth-order valence-corrected chi connectivity index (χ4v) is 2.16. The van der Waals surface area contributed by atoms with Crippen molar-refractivity contribution in [2.75, 3.05) is 19.8 Å². The van der Waals surface area contributed by atoms with Crippen LogP contribution in [0.1, 0.15) is 5.56 Å². The predicted octanol–water partition coefficient (Wildman–Crippen LogP) is 3.27. The number of ether oxygens (including phenoxy) is 2. The van der Waals surface area contributed by atoms with Crippen molar-refractivity contribution in [3.05, 3.63) is 64.1 Å². The summed E-state index contributed by atoms with van der Waals surface area (Å²) in [6.45, 7) is -0.178. The van der Waals surface area contributed by atoms with Crippen molar-refractivity contribution in [1.82, 2.24) is 5.32 Å². The first kappa shape index (κ1) is 19.1. The molecule has 0 unspecified atom stereocenters. The summed E-state index contributed by atoms with van der Waals surface area (Å²) < 4.78 is 10.1. The summed E-state index contributed by atoms with van der Waals surface area (Å²) in [5, 5.41) is 3.92. The summed E-state index contributed by atoms with van der Waals surface area (Å²) in [6, 6.07) is 13.9. The van der Waals surface area contributed by atoms with Crippen molar-refractivity contribution in [2.24, 2.45) is 0 Å². The third kappa shape index (κ3) is 7.45. The maximum Gasteiger partial charge on any atom is 0.344 e. The van der Waals surface area contributed by atoms with Crippen LogP contribution in [0.4, 0.5) is 0 Å². The van der Waals surface area contributed by atoms with Gasteiger partial charge in [-0.05, 0) is 48.4 Å². The molecular formula is C18H17Cl2NO4. The van der Waals surface area contributed by atoms with E-state index in [4.69, 9.17) is 32.7 Å². The lowest BCUT2D eigenvalue weighted by atomic mass is 10.1. The average molecular weight is 382 g/mol. The molecule has 5 nitrogen and oxygen atoms in total. The van der Waals surface area contributed by atoms with Gasteiger partial charge in [-0.3, -0.25) is 4.79 Å². The first-order chi connectivity index (χ1) is 12.0. The highest BCUT2D eigenvalue weighted by molar-refractivity contribution is 6.30. The van der Waals surface area contributed by atoms with E-state index in [1.165, 1.54) is 0 Å². The summed E-state index contributed by atoms with van der Waals surface area (Å²) >= 11 is 11.6. The van der Waals surface area contributed by atoms with Gasteiger partial charge < -0.3 is 14.8 Å². The highest BCUT2D eigenvalue weighted by Gasteiger charge is 2.08. The number of halogens is 2. The lowest BCUT2D eigenvalue weighted by Crippen LogP contribution is -2.31. The van der Waals surface area contributed by atoms with Crippen LogP contribution in [0.3, 0.4) is 0 Å². The number of benzene rings is 2. The van der Waals surface area contributed by atoms with E-state index in [0.717, 1.165) is 5.56 Å².